The number of benzene rings is 1. The molecule has 7 nitrogen and oxygen atoms in total. The van der Waals surface area contributed by atoms with Gasteiger partial charge in [-0.15, -0.1) is 0 Å². The molecule has 0 spiro atoms. The zero-order chi connectivity index (χ0) is 18.0. The van der Waals surface area contributed by atoms with Gasteiger partial charge in [0.05, 0.1) is 5.92 Å². The summed E-state index contributed by atoms with van der Waals surface area (Å²) in [6.45, 7) is 3.23. The molecular formula is C18H25N3O4. The van der Waals surface area contributed by atoms with Gasteiger partial charge in [0.2, 0.25) is 5.91 Å². The predicted molar refractivity (Wildman–Crippen MR) is 92.3 cm³/mol. The van der Waals surface area contributed by atoms with Crippen molar-refractivity contribution in [3.63, 3.8) is 0 Å². The highest BCUT2D eigenvalue weighted by Gasteiger charge is 2.59. The summed E-state index contributed by atoms with van der Waals surface area (Å²) >= 11 is 0. The van der Waals surface area contributed by atoms with E-state index in [-0.39, 0.29) is 12.5 Å². The van der Waals surface area contributed by atoms with Crippen molar-refractivity contribution in [3.8, 4) is 5.75 Å². The van der Waals surface area contributed by atoms with Crippen LogP contribution >= 0.6 is 0 Å². The standard InChI is InChI=1S/C18H25N3O4/c1-20(2)7-8-25-14-5-3-13(4-6-14)9-21-10-15-16(22)19-11-18(15,12-21)17(23)24/h3-6,15H,7-12H2,1-2H3,(H,19,22)(H,23,24)/t15-,18+/m0/s1. The molecule has 2 N–H and O–H groups in total. The van der Waals surface area contributed by atoms with Crippen LogP contribution in [0.15, 0.2) is 24.3 Å². The van der Waals surface area contributed by atoms with Crippen molar-refractivity contribution in [2.45, 2.75) is 6.54 Å². The second kappa shape index (κ2) is 7.01. The summed E-state index contributed by atoms with van der Waals surface area (Å²) < 4.78 is 5.68. The highest BCUT2D eigenvalue weighted by atomic mass is 16.5. The fourth-order valence-corrected chi connectivity index (χ4v) is 3.60. The number of carbonyl (C=O) groups excluding carboxylic acids is 1. The normalized spacial score (nSPS) is 25.9. The quantitative estimate of drug-likeness (QED) is 0.736. The Labute approximate surface area is 147 Å². The zero-order valence-corrected chi connectivity index (χ0v) is 14.7. The SMILES string of the molecule is CN(C)CCOc1ccc(CN2C[C@H]3C(=O)NC[C@@]3(C(=O)O)C2)cc1. The van der Waals surface area contributed by atoms with Gasteiger partial charge in [0, 0.05) is 32.7 Å². The van der Waals surface area contributed by atoms with Gasteiger partial charge in [0.25, 0.3) is 0 Å². The molecule has 1 amide bonds. The number of hydrogen-bond donors (Lipinski definition) is 2. The summed E-state index contributed by atoms with van der Waals surface area (Å²) in [5, 5.41) is 12.3. The van der Waals surface area contributed by atoms with Crippen molar-refractivity contribution in [1.82, 2.24) is 15.1 Å². The van der Waals surface area contributed by atoms with Crippen molar-refractivity contribution in [3.05, 3.63) is 29.8 Å². The van der Waals surface area contributed by atoms with Gasteiger partial charge in [0.15, 0.2) is 0 Å². The van der Waals surface area contributed by atoms with Crippen LogP contribution in [0.25, 0.3) is 0 Å². The Bertz CT molecular complexity index is 646. The maximum Gasteiger partial charge on any atom is 0.313 e. The summed E-state index contributed by atoms with van der Waals surface area (Å²) in [6.07, 6.45) is 0. The minimum absolute atomic E-state index is 0.144. The molecule has 1 aromatic carbocycles. The maximum absolute atomic E-state index is 11.9. The van der Waals surface area contributed by atoms with Crippen LogP contribution in [-0.2, 0) is 16.1 Å². The number of nitrogens with zero attached hydrogens (tertiary/aromatic N) is 2. The summed E-state index contributed by atoms with van der Waals surface area (Å²) in [5.41, 5.74) is 0.104. The number of likely N-dealkylation sites (tertiary alicyclic amines) is 1. The van der Waals surface area contributed by atoms with E-state index >= 15 is 0 Å². The molecule has 2 heterocycles. The van der Waals surface area contributed by atoms with Gasteiger partial charge in [0.1, 0.15) is 17.8 Å². The fourth-order valence-electron chi connectivity index (χ4n) is 3.60. The lowest BCUT2D eigenvalue weighted by Crippen LogP contribution is -2.40. The average molecular weight is 347 g/mol. The molecule has 2 aliphatic heterocycles. The van der Waals surface area contributed by atoms with E-state index in [4.69, 9.17) is 4.74 Å². The third-order valence-corrected chi connectivity index (χ3v) is 5.07. The third kappa shape index (κ3) is 3.62. The lowest BCUT2D eigenvalue weighted by atomic mass is 9.81. The Morgan fingerprint density at radius 2 is 2.12 bits per heavy atom. The summed E-state index contributed by atoms with van der Waals surface area (Å²) in [4.78, 5) is 27.8. The minimum Gasteiger partial charge on any atom is -0.492 e. The molecule has 0 aromatic heterocycles. The molecule has 2 aliphatic rings. The number of carbonyl (C=O) groups is 2. The van der Waals surface area contributed by atoms with Crippen molar-refractivity contribution >= 4 is 11.9 Å². The molecule has 0 aliphatic carbocycles. The van der Waals surface area contributed by atoms with Crippen LogP contribution in [0.2, 0.25) is 0 Å². The number of carboxylic acid groups (broad SMARTS) is 1. The zero-order valence-electron chi connectivity index (χ0n) is 14.7. The smallest absolute Gasteiger partial charge is 0.313 e. The average Bonchev–Trinajstić information content (AvgIpc) is 3.07. The fraction of sp³-hybridized carbons (Fsp3) is 0.556. The first kappa shape index (κ1) is 17.7. The Morgan fingerprint density at radius 1 is 1.40 bits per heavy atom. The van der Waals surface area contributed by atoms with Gasteiger partial charge in [-0.2, -0.15) is 0 Å². The number of nitrogens with one attached hydrogen (secondary N) is 1. The van der Waals surface area contributed by atoms with Crippen LogP contribution in [-0.4, -0.2) is 73.7 Å². The molecule has 2 atom stereocenters. The molecule has 0 bridgehead atoms. The minimum atomic E-state index is -0.980. The lowest BCUT2D eigenvalue weighted by Gasteiger charge is -2.22. The van der Waals surface area contributed by atoms with Crippen LogP contribution in [0.5, 0.6) is 5.75 Å². The Balaban J connectivity index is 1.58. The number of fused-ring (bicyclic) bond motifs is 1. The van der Waals surface area contributed by atoms with Crippen molar-refractivity contribution in [2.75, 3.05) is 46.9 Å². The van der Waals surface area contributed by atoms with Crippen LogP contribution in [0.1, 0.15) is 5.56 Å². The number of carboxylic acids is 1. The van der Waals surface area contributed by atoms with Gasteiger partial charge in [-0.25, -0.2) is 0 Å². The van der Waals surface area contributed by atoms with E-state index in [0.717, 1.165) is 17.9 Å². The number of amides is 1. The van der Waals surface area contributed by atoms with E-state index in [9.17, 15) is 14.7 Å². The molecular weight excluding hydrogens is 322 g/mol. The summed E-state index contributed by atoms with van der Waals surface area (Å²) in [7, 11) is 4.00. The number of hydrogen-bond acceptors (Lipinski definition) is 5. The molecule has 25 heavy (non-hydrogen) atoms. The van der Waals surface area contributed by atoms with Crippen molar-refractivity contribution in [1.29, 1.82) is 0 Å². The number of ether oxygens (including phenoxy) is 1. The van der Waals surface area contributed by atoms with E-state index in [2.05, 4.69) is 15.1 Å². The van der Waals surface area contributed by atoms with E-state index in [1.165, 1.54) is 0 Å². The molecule has 136 valence electrons. The Morgan fingerprint density at radius 3 is 2.72 bits per heavy atom. The van der Waals surface area contributed by atoms with Gasteiger partial charge < -0.3 is 20.1 Å². The first-order valence-electron chi connectivity index (χ1n) is 8.51. The molecule has 0 radical (unpaired) electrons. The molecule has 2 saturated heterocycles. The topological polar surface area (TPSA) is 82.1 Å². The summed E-state index contributed by atoms with van der Waals surface area (Å²) in [5.74, 6) is -0.665. The van der Waals surface area contributed by atoms with Gasteiger partial charge >= 0.3 is 5.97 Å². The number of aliphatic carboxylic acids is 1. The van der Waals surface area contributed by atoms with E-state index in [1.54, 1.807) is 0 Å². The Kier molecular flexibility index (Phi) is 4.96. The van der Waals surface area contributed by atoms with Gasteiger partial charge in [-0.05, 0) is 31.8 Å². The first-order valence-corrected chi connectivity index (χ1v) is 8.51. The predicted octanol–water partition coefficient (Wildman–Crippen LogP) is 0.260. The van der Waals surface area contributed by atoms with Gasteiger partial charge in [-0.3, -0.25) is 14.5 Å². The highest BCUT2D eigenvalue weighted by molar-refractivity contribution is 5.92. The number of rotatable bonds is 7. The van der Waals surface area contributed by atoms with Crippen LogP contribution < -0.4 is 10.1 Å². The molecule has 2 fully saturated rings. The monoisotopic (exact) mass is 347 g/mol. The van der Waals surface area contributed by atoms with Crippen LogP contribution in [0, 0.1) is 11.3 Å². The molecule has 3 rings (SSSR count). The largest absolute Gasteiger partial charge is 0.492 e. The third-order valence-electron chi connectivity index (χ3n) is 5.07. The first-order chi connectivity index (χ1) is 11.9. The number of likely N-dealkylation sites (N-methyl/N-ethyl adjacent to an activating group) is 1. The maximum atomic E-state index is 11.9. The van der Waals surface area contributed by atoms with Crippen LogP contribution in [0.4, 0.5) is 0 Å². The van der Waals surface area contributed by atoms with E-state index < -0.39 is 17.3 Å². The molecule has 1 aromatic rings. The van der Waals surface area contributed by atoms with E-state index in [0.29, 0.717) is 26.2 Å². The molecule has 7 heteroatoms. The second-order valence-electron chi connectivity index (χ2n) is 7.20. The molecule has 0 unspecified atom stereocenters. The molecule has 0 saturated carbocycles. The van der Waals surface area contributed by atoms with E-state index in [1.807, 2.05) is 38.4 Å². The van der Waals surface area contributed by atoms with Gasteiger partial charge in [-0.1, -0.05) is 12.1 Å². The highest BCUT2D eigenvalue weighted by Crippen LogP contribution is 2.40. The van der Waals surface area contributed by atoms with Crippen molar-refractivity contribution < 1.29 is 19.4 Å². The Hall–Kier alpha value is -2.12. The summed E-state index contributed by atoms with van der Waals surface area (Å²) in [6, 6.07) is 7.85. The van der Waals surface area contributed by atoms with Crippen molar-refractivity contribution in [2.24, 2.45) is 11.3 Å². The lowest BCUT2D eigenvalue weighted by molar-refractivity contribution is -0.149. The second-order valence-corrected chi connectivity index (χ2v) is 7.20. The van der Waals surface area contributed by atoms with Crippen LogP contribution in [0.3, 0.4) is 0 Å².